The number of azide groups is 1. The van der Waals surface area contributed by atoms with Crippen LogP contribution in [0.15, 0.2) is 17.2 Å². The lowest BCUT2D eigenvalue weighted by Crippen LogP contribution is -2.07. The summed E-state index contributed by atoms with van der Waals surface area (Å²) in [5.41, 5.74) is 8.70. The maximum atomic E-state index is 14.1. The van der Waals surface area contributed by atoms with E-state index in [4.69, 9.17) is 21.9 Å². The Morgan fingerprint density at radius 3 is 2.82 bits per heavy atom. The minimum atomic E-state index is -0.734. The first-order chi connectivity index (χ1) is 10.5. The van der Waals surface area contributed by atoms with Crippen LogP contribution in [-0.2, 0) is 11.3 Å². The molecule has 2 rings (SSSR count). The average molecular weight is 325 g/mol. The van der Waals surface area contributed by atoms with E-state index in [-0.39, 0.29) is 34.1 Å². The SMILES string of the molecule is COC(=O)c1cc2cc(Cl)c(F)c(CN=[N+]=[N-])c2nc1OC. The third-order valence-electron chi connectivity index (χ3n) is 2.95. The number of fused-ring (bicyclic) bond motifs is 1. The molecule has 1 heterocycles. The number of hydrogen-bond acceptors (Lipinski definition) is 5. The second-order valence-corrected chi connectivity index (χ2v) is 4.56. The lowest BCUT2D eigenvalue weighted by molar-refractivity contribution is 0.0596. The van der Waals surface area contributed by atoms with Gasteiger partial charge >= 0.3 is 5.97 Å². The van der Waals surface area contributed by atoms with Crippen LogP contribution in [0.2, 0.25) is 5.02 Å². The molecule has 0 unspecified atom stereocenters. The molecule has 0 aliphatic rings. The molecule has 9 heteroatoms. The predicted molar refractivity (Wildman–Crippen MR) is 77.5 cm³/mol. The third kappa shape index (κ3) is 2.74. The van der Waals surface area contributed by atoms with Gasteiger partial charge in [0.15, 0.2) is 0 Å². The van der Waals surface area contributed by atoms with Crippen molar-refractivity contribution in [3.05, 3.63) is 44.5 Å². The molecule has 0 saturated heterocycles. The van der Waals surface area contributed by atoms with E-state index in [1.165, 1.54) is 26.4 Å². The minimum Gasteiger partial charge on any atom is -0.480 e. The van der Waals surface area contributed by atoms with Crippen molar-refractivity contribution in [3.63, 3.8) is 0 Å². The van der Waals surface area contributed by atoms with E-state index in [9.17, 15) is 9.18 Å². The molecule has 0 aliphatic carbocycles. The Bertz CT molecular complexity index is 806. The standard InChI is InChI=1S/C13H10ClFN4O3/c1-21-12-7(13(20)22-2)3-6-4-9(14)10(15)8(5-17-19-16)11(6)18-12/h3-4H,5H2,1-2H3. The van der Waals surface area contributed by atoms with E-state index in [1.807, 2.05) is 0 Å². The van der Waals surface area contributed by atoms with Crippen LogP contribution in [0.4, 0.5) is 4.39 Å². The number of halogens is 2. The fraction of sp³-hybridized carbons (Fsp3) is 0.231. The summed E-state index contributed by atoms with van der Waals surface area (Å²) in [5.74, 6) is -1.41. The molecule has 22 heavy (non-hydrogen) atoms. The van der Waals surface area contributed by atoms with Gasteiger partial charge in [0.2, 0.25) is 5.88 Å². The first-order valence-corrected chi connectivity index (χ1v) is 6.36. The Hall–Kier alpha value is -2.57. The molecule has 1 aromatic carbocycles. The van der Waals surface area contributed by atoms with Crippen LogP contribution in [0.25, 0.3) is 21.3 Å². The molecule has 0 spiro atoms. The number of nitrogens with zero attached hydrogens (tertiary/aromatic N) is 4. The highest BCUT2D eigenvalue weighted by Gasteiger charge is 2.20. The molecule has 0 N–H and O–H groups in total. The smallest absolute Gasteiger partial charge is 0.343 e. The second-order valence-electron chi connectivity index (χ2n) is 4.15. The summed E-state index contributed by atoms with van der Waals surface area (Å²) < 4.78 is 23.8. The van der Waals surface area contributed by atoms with Gasteiger partial charge in [-0.3, -0.25) is 0 Å². The van der Waals surface area contributed by atoms with Crippen LogP contribution in [0.3, 0.4) is 0 Å². The van der Waals surface area contributed by atoms with Gasteiger partial charge in [0.05, 0.1) is 31.3 Å². The van der Waals surface area contributed by atoms with Gasteiger partial charge < -0.3 is 9.47 Å². The summed E-state index contributed by atoms with van der Waals surface area (Å²) in [4.78, 5) is 18.4. The zero-order valence-corrected chi connectivity index (χ0v) is 12.4. The molecule has 0 bridgehead atoms. The number of ether oxygens (including phenoxy) is 2. The molecule has 0 atom stereocenters. The Labute approximate surface area is 129 Å². The van der Waals surface area contributed by atoms with E-state index < -0.39 is 11.8 Å². The number of rotatable bonds is 4. The van der Waals surface area contributed by atoms with Crippen molar-refractivity contribution < 1.29 is 18.7 Å². The molecule has 0 aliphatic heterocycles. The van der Waals surface area contributed by atoms with E-state index >= 15 is 0 Å². The molecule has 2 aromatic rings. The Morgan fingerprint density at radius 2 is 2.23 bits per heavy atom. The third-order valence-corrected chi connectivity index (χ3v) is 3.23. The highest BCUT2D eigenvalue weighted by Crippen LogP contribution is 2.31. The van der Waals surface area contributed by atoms with E-state index in [1.54, 1.807) is 0 Å². The van der Waals surface area contributed by atoms with Gasteiger partial charge in [-0.25, -0.2) is 14.2 Å². The Balaban J connectivity index is 2.81. The van der Waals surface area contributed by atoms with Crippen molar-refractivity contribution in [2.45, 2.75) is 6.54 Å². The van der Waals surface area contributed by atoms with Gasteiger partial charge in [-0.05, 0) is 17.7 Å². The van der Waals surface area contributed by atoms with Gasteiger partial charge in [0, 0.05) is 15.9 Å². The molecular weight excluding hydrogens is 315 g/mol. The van der Waals surface area contributed by atoms with Crippen LogP contribution in [0.1, 0.15) is 15.9 Å². The topological polar surface area (TPSA) is 97.2 Å². The maximum absolute atomic E-state index is 14.1. The summed E-state index contributed by atoms with van der Waals surface area (Å²) in [5, 5.41) is 3.56. The fourth-order valence-corrected chi connectivity index (χ4v) is 2.20. The maximum Gasteiger partial charge on any atom is 0.343 e. The van der Waals surface area contributed by atoms with E-state index in [0.29, 0.717) is 5.39 Å². The average Bonchev–Trinajstić information content (AvgIpc) is 2.53. The van der Waals surface area contributed by atoms with Crippen LogP contribution in [-0.4, -0.2) is 25.2 Å². The second kappa shape index (κ2) is 6.46. The van der Waals surface area contributed by atoms with Gasteiger partial charge in [0.25, 0.3) is 0 Å². The lowest BCUT2D eigenvalue weighted by atomic mass is 10.1. The first-order valence-electron chi connectivity index (χ1n) is 5.98. The summed E-state index contributed by atoms with van der Waals surface area (Å²) >= 11 is 5.83. The molecule has 0 saturated carbocycles. The summed E-state index contributed by atoms with van der Waals surface area (Å²) in [6, 6.07) is 2.75. The summed E-state index contributed by atoms with van der Waals surface area (Å²) in [6.45, 7) is -0.271. The van der Waals surface area contributed by atoms with E-state index in [2.05, 4.69) is 19.7 Å². The van der Waals surface area contributed by atoms with Crippen molar-refractivity contribution in [1.29, 1.82) is 0 Å². The first kappa shape index (κ1) is 15.8. The van der Waals surface area contributed by atoms with Crippen LogP contribution < -0.4 is 4.74 Å². The van der Waals surface area contributed by atoms with Crippen molar-refractivity contribution in [3.8, 4) is 5.88 Å². The quantitative estimate of drug-likeness (QED) is 0.371. The van der Waals surface area contributed by atoms with Gasteiger partial charge in [-0.2, -0.15) is 0 Å². The number of carbonyl (C=O) groups is 1. The number of benzene rings is 1. The van der Waals surface area contributed by atoms with Crippen molar-refractivity contribution >= 4 is 28.5 Å². The predicted octanol–water partition coefficient (Wildman–Crippen LogP) is 3.63. The number of methoxy groups -OCH3 is 2. The number of esters is 1. The molecule has 0 amide bonds. The van der Waals surface area contributed by atoms with Gasteiger partial charge in [-0.1, -0.05) is 16.7 Å². The molecule has 7 nitrogen and oxygen atoms in total. The largest absolute Gasteiger partial charge is 0.480 e. The Morgan fingerprint density at radius 1 is 1.50 bits per heavy atom. The monoisotopic (exact) mass is 324 g/mol. The van der Waals surface area contributed by atoms with Crippen LogP contribution in [0.5, 0.6) is 5.88 Å². The summed E-state index contributed by atoms with van der Waals surface area (Å²) in [6.07, 6.45) is 0. The zero-order chi connectivity index (χ0) is 16.3. The number of pyridine rings is 1. The zero-order valence-electron chi connectivity index (χ0n) is 11.6. The highest BCUT2D eigenvalue weighted by molar-refractivity contribution is 6.31. The molecule has 0 fully saturated rings. The van der Waals surface area contributed by atoms with Crippen LogP contribution >= 0.6 is 11.6 Å². The Kier molecular flexibility index (Phi) is 4.65. The summed E-state index contributed by atoms with van der Waals surface area (Å²) in [7, 11) is 2.54. The normalized spacial score (nSPS) is 10.2. The van der Waals surface area contributed by atoms with Crippen LogP contribution in [0, 0.1) is 5.82 Å². The minimum absolute atomic E-state index is 0.0232. The molecule has 114 valence electrons. The van der Waals surface area contributed by atoms with Crippen molar-refractivity contribution in [2.75, 3.05) is 14.2 Å². The van der Waals surface area contributed by atoms with Crippen molar-refractivity contribution in [2.24, 2.45) is 5.11 Å². The lowest BCUT2D eigenvalue weighted by Gasteiger charge is -2.11. The fourth-order valence-electron chi connectivity index (χ4n) is 1.97. The van der Waals surface area contributed by atoms with Crippen molar-refractivity contribution in [1.82, 2.24) is 4.98 Å². The van der Waals surface area contributed by atoms with Gasteiger partial charge in [-0.15, -0.1) is 0 Å². The number of carbonyl (C=O) groups excluding carboxylic acids is 1. The molecular formula is C13H10ClFN4O3. The molecule has 0 radical (unpaired) electrons. The number of hydrogen-bond donors (Lipinski definition) is 0. The number of aromatic nitrogens is 1. The van der Waals surface area contributed by atoms with Gasteiger partial charge in [0.1, 0.15) is 11.4 Å². The highest BCUT2D eigenvalue weighted by atomic mass is 35.5. The molecule has 1 aromatic heterocycles. The van der Waals surface area contributed by atoms with E-state index in [0.717, 1.165) is 0 Å².